The van der Waals surface area contributed by atoms with Gasteiger partial charge in [-0.1, -0.05) is 23.7 Å². The summed E-state index contributed by atoms with van der Waals surface area (Å²) in [5.74, 6) is -0.246. The highest BCUT2D eigenvalue weighted by molar-refractivity contribution is 9.10. The maximum absolute atomic E-state index is 13.0. The second kappa shape index (κ2) is 8.19. The summed E-state index contributed by atoms with van der Waals surface area (Å²) in [7, 11) is 0. The first-order valence-electron chi connectivity index (χ1n) is 8.47. The van der Waals surface area contributed by atoms with Crippen LogP contribution in [-0.2, 0) is 17.5 Å². The van der Waals surface area contributed by atoms with Crippen molar-refractivity contribution in [2.24, 2.45) is 0 Å². The Hall–Kier alpha value is -2.33. The SMILES string of the molecule is Cc1c(Br)c(C(F)(F)F)nn1C(C)C(=O)Nc1ccn(Cc2ccc(Cl)cc2)n1. The molecule has 1 atom stereocenters. The van der Waals surface area contributed by atoms with Crippen molar-refractivity contribution in [1.29, 1.82) is 0 Å². The second-order valence-corrected chi connectivity index (χ2v) is 7.61. The molecule has 0 radical (unpaired) electrons. The molecule has 0 fully saturated rings. The van der Waals surface area contributed by atoms with Gasteiger partial charge in [0.15, 0.2) is 11.5 Å². The largest absolute Gasteiger partial charge is 0.436 e. The van der Waals surface area contributed by atoms with E-state index in [0.717, 1.165) is 10.2 Å². The van der Waals surface area contributed by atoms with Gasteiger partial charge in [-0.25, -0.2) is 0 Å². The molecule has 0 spiro atoms. The molecule has 3 aromatic rings. The van der Waals surface area contributed by atoms with Crippen molar-refractivity contribution < 1.29 is 18.0 Å². The van der Waals surface area contributed by atoms with E-state index in [1.165, 1.54) is 13.8 Å². The fourth-order valence-corrected chi connectivity index (χ4v) is 3.30. The lowest BCUT2D eigenvalue weighted by Gasteiger charge is -2.13. The Labute approximate surface area is 177 Å². The molecule has 3 rings (SSSR count). The summed E-state index contributed by atoms with van der Waals surface area (Å²) in [6, 6.07) is 7.90. The first-order valence-corrected chi connectivity index (χ1v) is 9.64. The standard InChI is InChI=1S/C18H16BrClF3N5O/c1-10-15(19)16(18(21,22)23)26-28(10)11(2)17(29)24-14-7-8-27(25-14)9-12-3-5-13(20)6-4-12/h3-8,11H,9H2,1-2H3,(H,24,25,29). The second-order valence-electron chi connectivity index (χ2n) is 6.38. The molecule has 1 unspecified atom stereocenters. The minimum atomic E-state index is -4.62. The number of benzene rings is 1. The van der Waals surface area contributed by atoms with Gasteiger partial charge in [0.1, 0.15) is 6.04 Å². The van der Waals surface area contributed by atoms with Crippen LogP contribution in [0.3, 0.4) is 0 Å². The molecule has 0 saturated heterocycles. The van der Waals surface area contributed by atoms with E-state index in [2.05, 4.69) is 31.4 Å². The van der Waals surface area contributed by atoms with Crippen LogP contribution in [0.1, 0.15) is 29.9 Å². The number of alkyl halides is 3. The van der Waals surface area contributed by atoms with Crippen LogP contribution in [0.4, 0.5) is 19.0 Å². The summed E-state index contributed by atoms with van der Waals surface area (Å²) in [4.78, 5) is 12.5. The summed E-state index contributed by atoms with van der Waals surface area (Å²) in [6.45, 7) is 3.40. The molecule has 0 saturated carbocycles. The van der Waals surface area contributed by atoms with E-state index in [0.29, 0.717) is 11.6 Å². The fraction of sp³-hybridized carbons (Fsp3) is 0.278. The number of aromatic nitrogens is 4. The Balaban J connectivity index is 1.71. The van der Waals surface area contributed by atoms with E-state index in [1.54, 1.807) is 29.1 Å². The van der Waals surface area contributed by atoms with Gasteiger partial charge in [0.05, 0.1) is 16.7 Å². The zero-order chi connectivity index (χ0) is 21.3. The van der Waals surface area contributed by atoms with Crippen LogP contribution in [0.5, 0.6) is 0 Å². The van der Waals surface area contributed by atoms with Gasteiger partial charge in [-0.15, -0.1) is 0 Å². The summed E-state index contributed by atoms with van der Waals surface area (Å²) in [6.07, 6.45) is -2.93. The van der Waals surface area contributed by atoms with Gasteiger partial charge < -0.3 is 5.32 Å². The van der Waals surface area contributed by atoms with Gasteiger partial charge >= 0.3 is 6.18 Å². The number of anilines is 1. The van der Waals surface area contributed by atoms with Crippen LogP contribution in [0, 0.1) is 6.92 Å². The van der Waals surface area contributed by atoms with Crippen LogP contribution in [0.15, 0.2) is 41.0 Å². The summed E-state index contributed by atoms with van der Waals surface area (Å²) in [5, 5.41) is 11.1. The third-order valence-corrected chi connectivity index (χ3v) is 5.44. The predicted molar refractivity (Wildman–Crippen MR) is 106 cm³/mol. The van der Waals surface area contributed by atoms with E-state index in [1.807, 2.05) is 12.1 Å². The van der Waals surface area contributed by atoms with Crippen LogP contribution in [-0.4, -0.2) is 25.5 Å². The van der Waals surface area contributed by atoms with Crippen LogP contribution in [0.2, 0.25) is 5.02 Å². The number of rotatable bonds is 5. The molecule has 154 valence electrons. The number of nitrogens with one attached hydrogen (secondary N) is 1. The van der Waals surface area contributed by atoms with Crippen LogP contribution >= 0.6 is 27.5 Å². The quantitative estimate of drug-likeness (QED) is 0.543. The van der Waals surface area contributed by atoms with Crippen molar-refractivity contribution in [2.45, 2.75) is 32.6 Å². The number of carbonyl (C=O) groups excluding carboxylic acids is 1. The summed E-state index contributed by atoms with van der Waals surface area (Å²) >= 11 is 8.76. The Morgan fingerprint density at radius 2 is 1.90 bits per heavy atom. The zero-order valence-electron chi connectivity index (χ0n) is 15.3. The lowest BCUT2D eigenvalue weighted by molar-refractivity contribution is -0.142. The van der Waals surface area contributed by atoms with Crippen LogP contribution in [0.25, 0.3) is 0 Å². The molecule has 0 aliphatic heterocycles. The molecule has 0 bridgehead atoms. The Morgan fingerprint density at radius 3 is 2.48 bits per heavy atom. The van der Waals surface area contributed by atoms with E-state index < -0.39 is 23.8 Å². The number of hydrogen-bond donors (Lipinski definition) is 1. The Morgan fingerprint density at radius 1 is 1.24 bits per heavy atom. The highest BCUT2D eigenvalue weighted by Crippen LogP contribution is 2.36. The van der Waals surface area contributed by atoms with Crippen molar-refractivity contribution in [1.82, 2.24) is 19.6 Å². The Bertz CT molecular complexity index is 1030. The Kier molecular flexibility index (Phi) is 6.04. The molecule has 0 aliphatic rings. The third kappa shape index (κ3) is 4.81. The van der Waals surface area contributed by atoms with Gasteiger partial charge in [0.25, 0.3) is 0 Å². The monoisotopic (exact) mass is 489 g/mol. The predicted octanol–water partition coefficient (Wildman–Crippen LogP) is 5.07. The lowest BCUT2D eigenvalue weighted by Crippen LogP contribution is -2.26. The molecule has 1 aromatic carbocycles. The van der Waals surface area contributed by atoms with E-state index >= 15 is 0 Å². The number of carbonyl (C=O) groups is 1. The number of amides is 1. The number of hydrogen-bond acceptors (Lipinski definition) is 3. The minimum Gasteiger partial charge on any atom is -0.307 e. The average Bonchev–Trinajstić information content (AvgIpc) is 3.21. The third-order valence-electron chi connectivity index (χ3n) is 4.24. The minimum absolute atomic E-state index is 0.183. The average molecular weight is 491 g/mol. The van der Waals surface area contributed by atoms with Crippen molar-refractivity contribution in [3.8, 4) is 0 Å². The molecule has 6 nitrogen and oxygen atoms in total. The van der Waals surface area contributed by atoms with Crippen LogP contribution < -0.4 is 5.32 Å². The van der Waals surface area contributed by atoms with Crippen molar-refractivity contribution in [3.63, 3.8) is 0 Å². The molecule has 2 aromatic heterocycles. The first-order chi connectivity index (χ1) is 13.6. The van der Waals surface area contributed by atoms with Crippen molar-refractivity contribution >= 4 is 39.3 Å². The molecule has 2 heterocycles. The molecule has 11 heteroatoms. The number of halogens is 5. The highest BCUT2D eigenvalue weighted by Gasteiger charge is 2.39. The maximum atomic E-state index is 13.0. The maximum Gasteiger partial charge on any atom is 0.436 e. The highest BCUT2D eigenvalue weighted by atomic mass is 79.9. The topological polar surface area (TPSA) is 64.7 Å². The van der Waals surface area contributed by atoms with Crippen molar-refractivity contribution in [3.05, 3.63) is 63.0 Å². The van der Waals surface area contributed by atoms with Gasteiger partial charge in [-0.3, -0.25) is 14.2 Å². The molecule has 1 N–H and O–H groups in total. The van der Waals surface area contributed by atoms with E-state index in [4.69, 9.17) is 11.6 Å². The number of nitrogens with zero attached hydrogens (tertiary/aromatic N) is 4. The van der Waals surface area contributed by atoms with Gasteiger partial charge in [0.2, 0.25) is 5.91 Å². The van der Waals surface area contributed by atoms with E-state index in [-0.39, 0.29) is 16.0 Å². The smallest absolute Gasteiger partial charge is 0.307 e. The molecular weight excluding hydrogens is 475 g/mol. The normalized spacial score (nSPS) is 12.8. The van der Waals surface area contributed by atoms with Gasteiger partial charge in [-0.2, -0.15) is 23.4 Å². The van der Waals surface area contributed by atoms with E-state index in [9.17, 15) is 18.0 Å². The molecule has 0 aliphatic carbocycles. The van der Waals surface area contributed by atoms with Crippen molar-refractivity contribution in [2.75, 3.05) is 5.32 Å². The molecular formula is C18H16BrClF3N5O. The summed E-state index contributed by atoms with van der Waals surface area (Å²) < 4.78 is 41.6. The van der Waals surface area contributed by atoms with Gasteiger partial charge in [-0.05, 0) is 47.5 Å². The summed E-state index contributed by atoms with van der Waals surface area (Å²) in [5.41, 5.74) is 0.107. The van der Waals surface area contributed by atoms with Gasteiger partial charge in [0, 0.05) is 17.3 Å². The zero-order valence-corrected chi connectivity index (χ0v) is 17.7. The lowest BCUT2D eigenvalue weighted by atomic mass is 10.2. The fourth-order valence-electron chi connectivity index (χ4n) is 2.69. The molecule has 1 amide bonds. The molecule has 29 heavy (non-hydrogen) atoms. The first kappa shape index (κ1) is 21.4.